The van der Waals surface area contributed by atoms with Crippen LogP contribution >= 0.6 is 11.8 Å². The highest BCUT2D eigenvalue weighted by Gasteiger charge is 2.43. The first-order valence-corrected chi connectivity index (χ1v) is 8.42. The summed E-state index contributed by atoms with van der Waals surface area (Å²) in [5.74, 6) is 4.16. The maximum absolute atomic E-state index is 6.35. The number of hydrogen-bond donors (Lipinski definition) is 1. The minimum absolute atomic E-state index is 0.241. The van der Waals surface area contributed by atoms with Crippen LogP contribution in [0.5, 0.6) is 0 Å². The summed E-state index contributed by atoms with van der Waals surface area (Å²) >= 11 is 2.07. The van der Waals surface area contributed by atoms with Gasteiger partial charge >= 0.3 is 0 Å². The molecule has 2 heterocycles. The van der Waals surface area contributed by atoms with Crippen molar-refractivity contribution in [3.63, 3.8) is 0 Å². The summed E-state index contributed by atoms with van der Waals surface area (Å²) in [6.07, 6.45) is 9.19. The summed E-state index contributed by atoms with van der Waals surface area (Å²) in [5, 5.41) is 0. The molecule has 4 unspecified atom stereocenters. The number of nitrogens with two attached hydrogens (primary N) is 1. The van der Waals surface area contributed by atoms with Crippen LogP contribution in [0.25, 0.3) is 0 Å². The van der Waals surface area contributed by atoms with Crippen molar-refractivity contribution < 1.29 is 4.74 Å². The smallest absolute Gasteiger partial charge is 0.0783 e. The van der Waals surface area contributed by atoms with Crippen LogP contribution in [0, 0.1) is 11.8 Å². The Kier molecular flexibility index (Phi) is 3.69. The van der Waals surface area contributed by atoms with Gasteiger partial charge in [-0.25, -0.2) is 0 Å². The van der Waals surface area contributed by atoms with Gasteiger partial charge in [0.2, 0.25) is 0 Å². The van der Waals surface area contributed by atoms with Crippen molar-refractivity contribution in [2.45, 2.75) is 56.6 Å². The lowest BCUT2D eigenvalue weighted by Crippen LogP contribution is -2.46. The monoisotopic (exact) mass is 255 g/mol. The van der Waals surface area contributed by atoms with Crippen LogP contribution in [0.3, 0.4) is 0 Å². The molecular formula is C14H25NOS. The first-order valence-electron chi connectivity index (χ1n) is 7.26. The molecule has 0 aromatic carbocycles. The van der Waals surface area contributed by atoms with E-state index in [4.69, 9.17) is 10.5 Å². The van der Waals surface area contributed by atoms with Gasteiger partial charge in [-0.3, -0.25) is 0 Å². The Labute approximate surface area is 109 Å². The zero-order valence-electron chi connectivity index (χ0n) is 10.7. The van der Waals surface area contributed by atoms with Crippen LogP contribution in [0.1, 0.15) is 44.9 Å². The van der Waals surface area contributed by atoms with Gasteiger partial charge in [-0.15, -0.1) is 0 Å². The fourth-order valence-corrected chi connectivity index (χ4v) is 5.45. The van der Waals surface area contributed by atoms with Crippen molar-refractivity contribution in [3.05, 3.63) is 0 Å². The molecule has 1 aliphatic carbocycles. The number of thioether (sulfide) groups is 1. The molecule has 17 heavy (non-hydrogen) atoms. The third-order valence-corrected chi connectivity index (χ3v) is 6.30. The predicted octanol–water partition coefficient (Wildman–Crippen LogP) is 2.81. The maximum Gasteiger partial charge on any atom is 0.0783 e. The molecule has 0 aromatic heterocycles. The van der Waals surface area contributed by atoms with E-state index >= 15 is 0 Å². The van der Waals surface area contributed by atoms with E-state index in [0.29, 0.717) is 6.04 Å². The van der Waals surface area contributed by atoms with Gasteiger partial charge < -0.3 is 10.5 Å². The zero-order chi connectivity index (χ0) is 11.7. The van der Waals surface area contributed by atoms with Gasteiger partial charge in [-0.1, -0.05) is 12.8 Å². The van der Waals surface area contributed by atoms with Gasteiger partial charge in [0.05, 0.1) is 5.60 Å². The molecule has 3 aliphatic rings. The molecule has 2 aliphatic heterocycles. The quantitative estimate of drug-likeness (QED) is 0.782. The SMILES string of the molecule is NC1CCCCC1C1CCOC2(CCSC2)C1. The fraction of sp³-hybridized carbons (Fsp3) is 1.00. The van der Waals surface area contributed by atoms with Gasteiger partial charge in [0, 0.05) is 18.4 Å². The lowest BCUT2D eigenvalue weighted by Gasteiger charge is -2.43. The Hall–Kier alpha value is 0.270. The average Bonchev–Trinajstić information content (AvgIpc) is 2.78. The number of ether oxygens (including phenoxy) is 1. The second-order valence-electron chi connectivity index (χ2n) is 6.20. The topological polar surface area (TPSA) is 35.2 Å². The second kappa shape index (κ2) is 5.10. The molecule has 4 atom stereocenters. The summed E-state index contributed by atoms with van der Waals surface area (Å²) < 4.78 is 6.12. The normalized spacial score (nSPS) is 47.5. The van der Waals surface area contributed by atoms with E-state index in [1.54, 1.807) is 0 Å². The van der Waals surface area contributed by atoms with Gasteiger partial charge in [0.15, 0.2) is 0 Å². The van der Waals surface area contributed by atoms with E-state index in [2.05, 4.69) is 11.8 Å². The maximum atomic E-state index is 6.35. The molecule has 1 spiro atoms. The zero-order valence-corrected chi connectivity index (χ0v) is 11.5. The Bertz CT molecular complexity index is 265. The average molecular weight is 255 g/mol. The standard InChI is InChI=1S/C14H25NOS/c15-13-4-2-1-3-12(13)11-5-7-16-14(9-11)6-8-17-10-14/h11-13H,1-10,15H2. The molecule has 0 radical (unpaired) electrons. The third kappa shape index (κ3) is 2.52. The molecule has 3 rings (SSSR count). The Morgan fingerprint density at radius 3 is 2.82 bits per heavy atom. The summed E-state index contributed by atoms with van der Waals surface area (Å²) in [4.78, 5) is 0. The van der Waals surface area contributed by atoms with Crippen LogP contribution in [0.15, 0.2) is 0 Å². The van der Waals surface area contributed by atoms with Gasteiger partial charge in [0.1, 0.15) is 0 Å². The first kappa shape index (κ1) is 12.3. The van der Waals surface area contributed by atoms with Crippen molar-refractivity contribution in [2.75, 3.05) is 18.1 Å². The van der Waals surface area contributed by atoms with E-state index < -0.39 is 0 Å². The molecule has 98 valence electrons. The lowest BCUT2D eigenvalue weighted by atomic mass is 9.70. The Morgan fingerprint density at radius 2 is 2.06 bits per heavy atom. The summed E-state index contributed by atoms with van der Waals surface area (Å²) in [6.45, 7) is 0.981. The van der Waals surface area contributed by atoms with Crippen molar-refractivity contribution in [1.29, 1.82) is 0 Å². The summed E-state index contributed by atoms with van der Waals surface area (Å²) in [5.41, 5.74) is 6.59. The van der Waals surface area contributed by atoms with E-state index in [1.165, 1.54) is 56.5 Å². The highest BCUT2D eigenvalue weighted by molar-refractivity contribution is 7.99. The number of hydrogen-bond acceptors (Lipinski definition) is 3. The van der Waals surface area contributed by atoms with Crippen molar-refractivity contribution in [1.82, 2.24) is 0 Å². The molecule has 2 saturated heterocycles. The highest BCUT2D eigenvalue weighted by atomic mass is 32.2. The minimum Gasteiger partial charge on any atom is -0.374 e. The Morgan fingerprint density at radius 1 is 1.18 bits per heavy atom. The van der Waals surface area contributed by atoms with Crippen LogP contribution in [0.2, 0.25) is 0 Å². The van der Waals surface area contributed by atoms with E-state index in [1.807, 2.05) is 0 Å². The van der Waals surface area contributed by atoms with Crippen LogP contribution in [-0.4, -0.2) is 29.8 Å². The molecular weight excluding hydrogens is 230 g/mol. The molecule has 3 heteroatoms. The van der Waals surface area contributed by atoms with E-state index in [-0.39, 0.29) is 5.60 Å². The van der Waals surface area contributed by atoms with Crippen LogP contribution < -0.4 is 5.73 Å². The molecule has 3 fully saturated rings. The van der Waals surface area contributed by atoms with E-state index in [9.17, 15) is 0 Å². The second-order valence-corrected chi connectivity index (χ2v) is 7.30. The predicted molar refractivity (Wildman–Crippen MR) is 73.3 cm³/mol. The van der Waals surface area contributed by atoms with Crippen molar-refractivity contribution in [2.24, 2.45) is 17.6 Å². The molecule has 2 nitrogen and oxygen atoms in total. The summed E-state index contributed by atoms with van der Waals surface area (Å²) in [7, 11) is 0. The van der Waals surface area contributed by atoms with Crippen molar-refractivity contribution in [3.8, 4) is 0 Å². The first-order chi connectivity index (χ1) is 8.29. The van der Waals surface area contributed by atoms with Crippen molar-refractivity contribution >= 4 is 11.8 Å². The molecule has 1 saturated carbocycles. The van der Waals surface area contributed by atoms with Crippen LogP contribution in [0.4, 0.5) is 0 Å². The van der Waals surface area contributed by atoms with Gasteiger partial charge in [-0.05, 0) is 49.7 Å². The minimum atomic E-state index is 0.241. The molecule has 0 aromatic rings. The van der Waals surface area contributed by atoms with Gasteiger partial charge in [-0.2, -0.15) is 11.8 Å². The summed E-state index contributed by atoms with van der Waals surface area (Å²) in [6, 6.07) is 0.470. The Balaban J connectivity index is 1.66. The lowest BCUT2D eigenvalue weighted by molar-refractivity contribution is -0.0930. The van der Waals surface area contributed by atoms with E-state index in [0.717, 1.165) is 18.4 Å². The molecule has 0 bridgehead atoms. The van der Waals surface area contributed by atoms with Gasteiger partial charge in [0.25, 0.3) is 0 Å². The molecule has 2 N–H and O–H groups in total. The number of rotatable bonds is 1. The highest BCUT2D eigenvalue weighted by Crippen LogP contribution is 2.45. The molecule has 0 amide bonds. The fourth-order valence-electron chi connectivity index (χ4n) is 4.07. The van der Waals surface area contributed by atoms with Crippen LogP contribution in [-0.2, 0) is 4.74 Å². The largest absolute Gasteiger partial charge is 0.374 e. The third-order valence-electron chi connectivity index (χ3n) is 5.08.